The number of nitrogens with zero attached hydrogens (tertiary/aromatic N) is 2. The summed E-state index contributed by atoms with van der Waals surface area (Å²) < 4.78 is 18.6. The fourth-order valence-corrected chi connectivity index (χ4v) is 1.59. The first kappa shape index (κ1) is 12.1. The molecule has 0 spiro atoms. The minimum Gasteiger partial charge on any atom is -0.436 e. The summed E-state index contributed by atoms with van der Waals surface area (Å²) in [7, 11) is 0. The maximum absolute atomic E-state index is 13.3. The van der Waals surface area contributed by atoms with Gasteiger partial charge in [-0.2, -0.15) is 9.37 Å². The van der Waals surface area contributed by atoms with E-state index in [2.05, 4.69) is 9.97 Å². The van der Waals surface area contributed by atoms with Crippen LogP contribution in [0.4, 0.5) is 4.39 Å². The second-order valence-corrected chi connectivity index (χ2v) is 4.08. The third kappa shape index (κ3) is 2.84. The van der Waals surface area contributed by atoms with Gasteiger partial charge < -0.3 is 4.74 Å². The van der Waals surface area contributed by atoms with Crippen LogP contribution in [0.15, 0.2) is 24.4 Å². The Hall–Kier alpha value is -1.39. The molecule has 1 aromatic carbocycles. The minimum atomic E-state index is -0.677. The van der Waals surface area contributed by atoms with Crippen molar-refractivity contribution in [2.45, 2.75) is 6.92 Å². The van der Waals surface area contributed by atoms with Crippen LogP contribution in [0.2, 0.25) is 10.3 Å². The first-order valence-electron chi connectivity index (χ1n) is 4.68. The third-order valence-corrected chi connectivity index (χ3v) is 2.44. The number of halogens is 3. The van der Waals surface area contributed by atoms with Gasteiger partial charge in [-0.25, -0.2) is 4.98 Å². The van der Waals surface area contributed by atoms with E-state index in [0.717, 1.165) is 11.8 Å². The van der Waals surface area contributed by atoms with Crippen molar-refractivity contribution in [3.05, 3.63) is 46.1 Å². The second-order valence-electron chi connectivity index (χ2n) is 3.30. The summed E-state index contributed by atoms with van der Waals surface area (Å²) >= 11 is 11.4. The summed E-state index contributed by atoms with van der Waals surface area (Å²) in [6.45, 7) is 1.79. The van der Waals surface area contributed by atoms with Gasteiger partial charge in [0.15, 0.2) is 0 Å². The largest absolute Gasteiger partial charge is 0.436 e. The molecular weight excluding hydrogens is 266 g/mol. The van der Waals surface area contributed by atoms with Crippen LogP contribution in [0.1, 0.15) is 5.56 Å². The van der Waals surface area contributed by atoms with E-state index < -0.39 is 5.82 Å². The van der Waals surface area contributed by atoms with Crippen molar-refractivity contribution >= 4 is 23.2 Å². The molecule has 0 saturated carbocycles. The summed E-state index contributed by atoms with van der Waals surface area (Å²) in [6.07, 6.45) is 0.954. The first-order chi connectivity index (χ1) is 8.06. The molecule has 0 aliphatic rings. The highest BCUT2D eigenvalue weighted by Crippen LogP contribution is 2.27. The Morgan fingerprint density at radius 3 is 2.76 bits per heavy atom. The number of aryl methyl sites for hydroxylation is 1. The fraction of sp³-hybridized carbons (Fsp3) is 0.0909. The Morgan fingerprint density at radius 2 is 2.06 bits per heavy atom. The molecule has 17 heavy (non-hydrogen) atoms. The van der Waals surface area contributed by atoms with Gasteiger partial charge in [-0.15, -0.1) is 0 Å². The van der Waals surface area contributed by atoms with Crippen LogP contribution in [0.25, 0.3) is 0 Å². The molecule has 0 saturated heterocycles. The van der Waals surface area contributed by atoms with Gasteiger partial charge in [0.2, 0.25) is 11.1 Å². The van der Waals surface area contributed by atoms with Crippen molar-refractivity contribution in [2.75, 3.05) is 0 Å². The van der Waals surface area contributed by atoms with Gasteiger partial charge in [0.25, 0.3) is 5.88 Å². The predicted molar refractivity (Wildman–Crippen MR) is 63.3 cm³/mol. The Morgan fingerprint density at radius 1 is 1.29 bits per heavy atom. The highest BCUT2D eigenvalue weighted by molar-refractivity contribution is 6.30. The van der Waals surface area contributed by atoms with Crippen molar-refractivity contribution < 1.29 is 9.13 Å². The smallest absolute Gasteiger partial charge is 0.260 e. The molecule has 1 aromatic heterocycles. The number of hydrogen-bond donors (Lipinski definition) is 0. The van der Waals surface area contributed by atoms with Crippen molar-refractivity contribution in [2.24, 2.45) is 0 Å². The zero-order valence-corrected chi connectivity index (χ0v) is 10.3. The monoisotopic (exact) mass is 272 g/mol. The summed E-state index contributed by atoms with van der Waals surface area (Å²) in [4.78, 5) is 7.15. The number of ether oxygens (including phenoxy) is 1. The van der Waals surface area contributed by atoms with Crippen molar-refractivity contribution in [1.82, 2.24) is 9.97 Å². The molecular formula is C11H7Cl2FN2O. The van der Waals surface area contributed by atoms with Crippen molar-refractivity contribution in [3.8, 4) is 11.6 Å². The highest BCUT2D eigenvalue weighted by atomic mass is 35.5. The van der Waals surface area contributed by atoms with Crippen LogP contribution >= 0.6 is 23.2 Å². The molecule has 6 heteroatoms. The Kier molecular flexibility index (Phi) is 3.45. The van der Waals surface area contributed by atoms with Crippen molar-refractivity contribution in [1.29, 1.82) is 0 Å². The van der Waals surface area contributed by atoms with E-state index in [4.69, 9.17) is 27.9 Å². The lowest BCUT2D eigenvalue weighted by molar-refractivity contribution is 0.417. The van der Waals surface area contributed by atoms with Crippen LogP contribution < -0.4 is 4.74 Å². The van der Waals surface area contributed by atoms with E-state index in [9.17, 15) is 4.39 Å². The lowest BCUT2D eigenvalue weighted by Gasteiger charge is -2.08. The highest BCUT2D eigenvalue weighted by Gasteiger charge is 2.10. The number of benzene rings is 1. The van der Waals surface area contributed by atoms with E-state index in [1.807, 2.05) is 0 Å². The maximum atomic E-state index is 13.3. The van der Waals surface area contributed by atoms with Gasteiger partial charge in [0.1, 0.15) is 5.75 Å². The molecule has 0 bridgehead atoms. The normalized spacial score (nSPS) is 10.4. The minimum absolute atomic E-state index is 0.0759. The van der Waals surface area contributed by atoms with Gasteiger partial charge in [-0.3, -0.25) is 0 Å². The third-order valence-electron chi connectivity index (χ3n) is 2.03. The van der Waals surface area contributed by atoms with Gasteiger partial charge >= 0.3 is 0 Å². The zero-order chi connectivity index (χ0) is 12.4. The molecule has 0 amide bonds. The van der Waals surface area contributed by atoms with E-state index in [-0.39, 0.29) is 11.2 Å². The molecule has 3 nitrogen and oxygen atoms in total. The Balaban J connectivity index is 2.34. The van der Waals surface area contributed by atoms with E-state index in [1.165, 1.54) is 0 Å². The SMILES string of the molecule is Cc1cc(Cl)ccc1Oc1nc(Cl)ncc1F. The van der Waals surface area contributed by atoms with Crippen LogP contribution in [0, 0.1) is 12.7 Å². The number of rotatable bonds is 2. The van der Waals surface area contributed by atoms with Crippen LogP contribution in [-0.4, -0.2) is 9.97 Å². The van der Waals surface area contributed by atoms with E-state index in [1.54, 1.807) is 25.1 Å². The summed E-state index contributed by atoms with van der Waals surface area (Å²) in [5, 5.41) is 0.504. The van der Waals surface area contributed by atoms with Crippen LogP contribution in [0.5, 0.6) is 11.6 Å². The predicted octanol–water partition coefficient (Wildman–Crippen LogP) is 4.02. The fourth-order valence-electron chi connectivity index (χ4n) is 1.23. The van der Waals surface area contributed by atoms with E-state index >= 15 is 0 Å². The molecule has 88 valence electrons. The number of aromatic nitrogens is 2. The van der Waals surface area contributed by atoms with Crippen LogP contribution in [0.3, 0.4) is 0 Å². The van der Waals surface area contributed by atoms with Gasteiger partial charge in [-0.1, -0.05) is 11.6 Å². The second kappa shape index (κ2) is 4.85. The van der Waals surface area contributed by atoms with Gasteiger partial charge in [0.05, 0.1) is 6.20 Å². The lowest BCUT2D eigenvalue weighted by Crippen LogP contribution is -1.95. The zero-order valence-electron chi connectivity index (χ0n) is 8.75. The average molecular weight is 273 g/mol. The molecule has 2 aromatic rings. The molecule has 0 aliphatic heterocycles. The summed E-state index contributed by atoms with van der Waals surface area (Å²) in [5.41, 5.74) is 0.770. The molecule has 0 fully saturated rings. The van der Waals surface area contributed by atoms with Crippen molar-refractivity contribution in [3.63, 3.8) is 0 Å². The molecule has 0 atom stereocenters. The van der Waals surface area contributed by atoms with E-state index in [0.29, 0.717) is 10.8 Å². The number of hydrogen-bond acceptors (Lipinski definition) is 3. The Bertz CT molecular complexity index is 563. The maximum Gasteiger partial charge on any atom is 0.260 e. The molecule has 1 heterocycles. The van der Waals surface area contributed by atoms with Gasteiger partial charge in [-0.05, 0) is 42.3 Å². The summed E-state index contributed by atoms with van der Waals surface area (Å²) in [6, 6.07) is 4.98. The average Bonchev–Trinajstić information content (AvgIpc) is 2.27. The van der Waals surface area contributed by atoms with Crippen LogP contribution in [-0.2, 0) is 0 Å². The quantitative estimate of drug-likeness (QED) is 0.775. The standard InChI is InChI=1S/C11H7Cl2FN2O/c1-6-4-7(12)2-3-9(6)17-10-8(14)5-15-11(13)16-10/h2-5H,1H3. The molecule has 2 rings (SSSR count). The van der Waals surface area contributed by atoms with Gasteiger partial charge in [0, 0.05) is 5.02 Å². The molecule has 0 aliphatic carbocycles. The molecule has 0 N–H and O–H groups in total. The summed E-state index contributed by atoms with van der Waals surface area (Å²) in [5.74, 6) is -0.428. The lowest BCUT2D eigenvalue weighted by atomic mass is 10.2. The topological polar surface area (TPSA) is 35.0 Å². The molecule has 0 radical (unpaired) electrons. The Labute approximate surface area is 107 Å². The molecule has 0 unspecified atom stereocenters. The first-order valence-corrected chi connectivity index (χ1v) is 5.44.